The summed E-state index contributed by atoms with van der Waals surface area (Å²) in [6.45, 7) is -1.84. The number of aliphatic hydroxyl groups is 9. The smallest absolute Gasteiger partial charge is 0.334 e. The number of hydrogen-bond acceptors (Lipinski definition) is 14. The molecule has 0 aromatic carbocycles. The van der Waals surface area contributed by atoms with Crippen molar-refractivity contribution >= 4 is 11.9 Å². The average molecular weight is 501 g/mol. The van der Waals surface area contributed by atoms with Crippen LogP contribution in [0, 0.1) is 5.92 Å². The highest BCUT2D eigenvalue weighted by Gasteiger charge is 2.43. The highest BCUT2D eigenvalue weighted by atomic mass is 16.6. The minimum absolute atomic E-state index is 0.248. The van der Waals surface area contributed by atoms with Crippen molar-refractivity contribution in [3.63, 3.8) is 0 Å². The number of nitrogens with one attached hydrogen (secondary N) is 1. The monoisotopic (exact) mass is 501 g/mol. The second-order valence-corrected chi connectivity index (χ2v) is 7.89. The number of ether oxygens (including phenoxy) is 3. The van der Waals surface area contributed by atoms with Crippen molar-refractivity contribution in [1.29, 1.82) is 0 Å². The molecule has 1 aliphatic rings. The first kappa shape index (κ1) is 30.5. The summed E-state index contributed by atoms with van der Waals surface area (Å²) in [7, 11) is 0. The fourth-order valence-electron chi connectivity index (χ4n) is 3.15. The van der Waals surface area contributed by atoms with Gasteiger partial charge in [0, 0.05) is 5.92 Å². The minimum Gasteiger partial charge on any atom is -0.462 e. The molecule has 0 aromatic rings. The molecule has 200 valence electrons. The lowest BCUT2D eigenvalue weighted by atomic mass is 9.92. The van der Waals surface area contributed by atoms with E-state index in [1.807, 2.05) is 0 Å². The van der Waals surface area contributed by atoms with E-state index in [9.17, 15) is 50.4 Å². The van der Waals surface area contributed by atoms with Gasteiger partial charge in [-0.25, -0.2) is 4.79 Å². The lowest BCUT2D eigenvalue weighted by Gasteiger charge is -2.40. The summed E-state index contributed by atoms with van der Waals surface area (Å²) in [6, 6.07) is 0. The number of carbonyl (C=O) groups is 2. The molecule has 1 amide bonds. The average Bonchev–Trinajstić information content (AvgIpc) is 2.82. The molecule has 5 unspecified atom stereocenters. The van der Waals surface area contributed by atoms with Gasteiger partial charge in [-0.2, -0.15) is 0 Å². The summed E-state index contributed by atoms with van der Waals surface area (Å²) >= 11 is 0. The van der Waals surface area contributed by atoms with Crippen LogP contribution >= 0.6 is 0 Å². The van der Waals surface area contributed by atoms with Crippen LogP contribution in [0.25, 0.3) is 0 Å². The summed E-state index contributed by atoms with van der Waals surface area (Å²) < 4.78 is 15.2. The molecule has 0 aliphatic carbocycles. The number of carbonyl (C=O) groups excluding carboxylic acids is 2. The maximum absolute atomic E-state index is 12.1. The van der Waals surface area contributed by atoms with Crippen molar-refractivity contribution < 1.29 is 69.8 Å². The van der Waals surface area contributed by atoms with Gasteiger partial charge in [-0.15, -0.1) is 0 Å². The molecule has 10 N–H and O–H groups in total. The van der Waals surface area contributed by atoms with Crippen LogP contribution in [-0.4, -0.2) is 152 Å². The molecular formula is C19H35NO14. The van der Waals surface area contributed by atoms with Gasteiger partial charge in [0.1, 0.15) is 43.2 Å². The van der Waals surface area contributed by atoms with Gasteiger partial charge < -0.3 is 65.5 Å². The van der Waals surface area contributed by atoms with Crippen LogP contribution in [0.15, 0.2) is 0 Å². The van der Waals surface area contributed by atoms with Crippen LogP contribution in [0.2, 0.25) is 0 Å². The van der Waals surface area contributed by atoms with E-state index in [2.05, 4.69) is 10.1 Å². The lowest BCUT2D eigenvalue weighted by molar-refractivity contribution is -0.240. The first-order valence-corrected chi connectivity index (χ1v) is 10.6. The second-order valence-electron chi connectivity index (χ2n) is 7.89. The molecule has 0 saturated carbocycles. The first-order valence-electron chi connectivity index (χ1n) is 10.6. The third-order valence-electron chi connectivity index (χ3n) is 5.28. The maximum Gasteiger partial charge on any atom is 0.334 e. The van der Waals surface area contributed by atoms with E-state index in [0.29, 0.717) is 0 Å². The van der Waals surface area contributed by atoms with E-state index in [4.69, 9.17) is 14.6 Å². The van der Waals surface area contributed by atoms with E-state index < -0.39 is 99.2 Å². The van der Waals surface area contributed by atoms with Gasteiger partial charge in [0.25, 0.3) is 5.91 Å². The SMILES string of the molecule is CC(O)C(=O)OCCNC(=O)C(O)[C@H](O)[C@H](COC[C@H]1OC(CO)[C@H](O)[C@@H](O)C1O)C(O)CO. The third kappa shape index (κ3) is 8.62. The Morgan fingerprint density at radius 3 is 2.18 bits per heavy atom. The number of esters is 1. The number of amides is 1. The van der Waals surface area contributed by atoms with E-state index in [1.165, 1.54) is 6.92 Å². The molecule has 15 nitrogen and oxygen atoms in total. The molecule has 0 spiro atoms. The molecule has 1 saturated heterocycles. The topological polar surface area (TPSA) is 256 Å². The van der Waals surface area contributed by atoms with Gasteiger partial charge in [0.05, 0.1) is 45.2 Å². The number of hydrogen-bond donors (Lipinski definition) is 10. The van der Waals surface area contributed by atoms with E-state index >= 15 is 0 Å². The third-order valence-corrected chi connectivity index (χ3v) is 5.28. The summed E-state index contributed by atoms with van der Waals surface area (Å²) in [4.78, 5) is 23.2. The van der Waals surface area contributed by atoms with Gasteiger partial charge in [-0.05, 0) is 6.92 Å². The molecule has 1 heterocycles. The molecular weight excluding hydrogens is 466 g/mol. The summed E-state index contributed by atoms with van der Waals surface area (Å²) in [6.07, 6.45) is -14.1. The number of rotatable bonds is 14. The lowest BCUT2D eigenvalue weighted by Crippen LogP contribution is -2.59. The van der Waals surface area contributed by atoms with Crippen molar-refractivity contribution in [3.8, 4) is 0 Å². The Kier molecular flexibility index (Phi) is 13.3. The van der Waals surface area contributed by atoms with Crippen LogP contribution in [0.3, 0.4) is 0 Å². The molecule has 1 rings (SSSR count). The number of aliphatic hydroxyl groups excluding tert-OH is 9. The second kappa shape index (κ2) is 14.8. The Morgan fingerprint density at radius 1 is 1.00 bits per heavy atom. The summed E-state index contributed by atoms with van der Waals surface area (Å²) in [5.74, 6) is -3.38. The van der Waals surface area contributed by atoms with Gasteiger partial charge in [0.15, 0.2) is 6.10 Å². The molecule has 0 radical (unpaired) electrons. The fraction of sp³-hybridized carbons (Fsp3) is 0.895. The van der Waals surface area contributed by atoms with Crippen LogP contribution in [-0.2, 0) is 23.8 Å². The Balaban J connectivity index is 2.62. The standard InChI is InChI=1S/C19H35NO14/c1-8(23)19(31)33-3-2-20-18(30)17(29)13(25)9(10(24)4-21)6-32-7-12-15(27)16(28)14(26)11(5-22)34-12/h8-17,21-29H,2-7H2,1H3,(H,20,30)/t8?,9-,10?,11?,12-,13-,14+,15?,16-,17?/m1/s1. The van der Waals surface area contributed by atoms with Crippen molar-refractivity contribution in [3.05, 3.63) is 0 Å². The molecule has 0 aromatic heterocycles. The predicted octanol–water partition coefficient (Wildman–Crippen LogP) is -6.42. The van der Waals surface area contributed by atoms with Crippen LogP contribution < -0.4 is 5.32 Å². The summed E-state index contributed by atoms with van der Waals surface area (Å²) in [5, 5.41) is 89.6. The predicted molar refractivity (Wildman–Crippen MR) is 109 cm³/mol. The van der Waals surface area contributed by atoms with E-state index in [0.717, 1.165) is 0 Å². The zero-order valence-corrected chi connectivity index (χ0v) is 18.6. The van der Waals surface area contributed by atoms with Crippen molar-refractivity contribution in [2.24, 2.45) is 5.92 Å². The fourth-order valence-corrected chi connectivity index (χ4v) is 3.15. The molecule has 34 heavy (non-hydrogen) atoms. The zero-order chi connectivity index (χ0) is 26.0. The van der Waals surface area contributed by atoms with E-state index in [1.54, 1.807) is 0 Å². The Labute approximate surface area is 195 Å². The zero-order valence-electron chi connectivity index (χ0n) is 18.6. The first-order chi connectivity index (χ1) is 16.0. The Morgan fingerprint density at radius 2 is 1.62 bits per heavy atom. The highest BCUT2D eigenvalue weighted by Crippen LogP contribution is 2.22. The quantitative estimate of drug-likeness (QED) is 0.0784. The van der Waals surface area contributed by atoms with Crippen molar-refractivity contribution in [1.82, 2.24) is 5.32 Å². The molecule has 1 fully saturated rings. The maximum atomic E-state index is 12.1. The largest absolute Gasteiger partial charge is 0.462 e. The van der Waals surface area contributed by atoms with E-state index in [-0.39, 0.29) is 13.2 Å². The molecule has 10 atom stereocenters. The normalized spacial score (nSPS) is 29.5. The van der Waals surface area contributed by atoms with Crippen LogP contribution in [0.4, 0.5) is 0 Å². The summed E-state index contributed by atoms with van der Waals surface area (Å²) in [5.41, 5.74) is 0. The van der Waals surface area contributed by atoms with Gasteiger partial charge in [-0.3, -0.25) is 4.79 Å². The highest BCUT2D eigenvalue weighted by molar-refractivity contribution is 5.81. The van der Waals surface area contributed by atoms with Crippen molar-refractivity contribution in [2.75, 3.05) is 39.6 Å². The van der Waals surface area contributed by atoms with Gasteiger partial charge in [-0.1, -0.05) is 0 Å². The minimum atomic E-state index is -2.07. The van der Waals surface area contributed by atoms with Crippen LogP contribution in [0.5, 0.6) is 0 Å². The van der Waals surface area contributed by atoms with Crippen LogP contribution in [0.1, 0.15) is 6.92 Å². The van der Waals surface area contributed by atoms with Gasteiger partial charge in [0.2, 0.25) is 0 Å². The Bertz CT molecular complexity index is 620. The Hall–Kier alpha value is -1.50. The van der Waals surface area contributed by atoms with Gasteiger partial charge >= 0.3 is 5.97 Å². The molecule has 1 aliphatic heterocycles. The molecule has 0 bridgehead atoms. The van der Waals surface area contributed by atoms with Crippen molar-refractivity contribution in [2.45, 2.75) is 61.9 Å². The molecule has 15 heteroatoms.